The van der Waals surface area contributed by atoms with Crippen LogP contribution in [0.4, 0.5) is 4.39 Å². The zero-order chi connectivity index (χ0) is 15.8. The summed E-state index contributed by atoms with van der Waals surface area (Å²) in [5, 5.41) is 17.4. The van der Waals surface area contributed by atoms with Gasteiger partial charge in [0.15, 0.2) is 0 Å². The second-order valence-corrected chi connectivity index (χ2v) is 4.59. The van der Waals surface area contributed by atoms with Gasteiger partial charge in [0.25, 0.3) is 5.91 Å². The molecule has 0 saturated carbocycles. The van der Waals surface area contributed by atoms with E-state index in [2.05, 4.69) is 11.8 Å². The summed E-state index contributed by atoms with van der Waals surface area (Å²) in [6, 6.07) is 5.55. The van der Waals surface area contributed by atoms with Crippen LogP contribution in [0.2, 0.25) is 0 Å². The predicted octanol–water partition coefficient (Wildman–Crippen LogP) is 1.93. The Balaban J connectivity index is 3.10. The van der Waals surface area contributed by atoms with E-state index in [-0.39, 0.29) is 42.5 Å². The minimum Gasteiger partial charge on any atom is -0.395 e. The molecule has 1 N–H and O–H groups in total. The molecule has 0 heterocycles. The van der Waals surface area contributed by atoms with Crippen molar-refractivity contribution in [1.82, 2.24) is 4.90 Å². The van der Waals surface area contributed by atoms with Gasteiger partial charge in [0.1, 0.15) is 5.82 Å². The highest BCUT2D eigenvalue weighted by Gasteiger charge is 2.19. The van der Waals surface area contributed by atoms with E-state index < -0.39 is 5.82 Å². The van der Waals surface area contributed by atoms with Gasteiger partial charge in [0.2, 0.25) is 0 Å². The number of hydrogen-bond acceptors (Lipinski definition) is 3. The van der Waals surface area contributed by atoms with Gasteiger partial charge in [0, 0.05) is 25.1 Å². The van der Waals surface area contributed by atoms with Crippen molar-refractivity contribution in [3.05, 3.63) is 35.1 Å². The molecule has 0 aromatic heterocycles. The monoisotopic (exact) mass is 288 g/mol. The molecule has 1 amide bonds. The summed E-state index contributed by atoms with van der Waals surface area (Å²) in [5.41, 5.74) is 0.568. The number of carbonyl (C=O) groups is 1. The van der Waals surface area contributed by atoms with Gasteiger partial charge < -0.3 is 10.0 Å². The van der Waals surface area contributed by atoms with E-state index in [0.29, 0.717) is 0 Å². The van der Waals surface area contributed by atoms with Crippen molar-refractivity contribution in [1.29, 1.82) is 5.26 Å². The van der Waals surface area contributed by atoms with Gasteiger partial charge >= 0.3 is 0 Å². The number of aliphatic hydroxyl groups excluding tert-OH is 1. The fraction of sp³-hybridized carbons (Fsp3) is 0.375. The van der Waals surface area contributed by atoms with E-state index in [1.54, 1.807) is 14.0 Å². The van der Waals surface area contributed by atoms with Crippen LogP contribution in [0, 0.1) is 29.0 Å². The maximum atomic E-state index is 13.3. The molecule has 0 aliphatic heterocycles. The zero-order valence-corrected chi connectivity index (χ0v) is 12.1. The van der Waals surface area contributed by atoms with Gasteiger partial charge in [-0.2, -0.15) is 5.26 Å². The van der Waals surface area contributed by atoms with E-state index in [1.165, 1.54) is 23.1 Å². The molecule has 110 valence electrons. The van der Waals surface area contributed by atoms with Crippen LogP contribution in [0.15, 0.2) is 18.2 Å². The highest BCUT2D eigenvalue weighted by molar-refractivity contribution is 5.96. The summed E-state index contributed by atoms with van der Waals surface area (Å²) in [5.74, 6) is 4.58. The Labute approximate surface area is 123 Å². The van der Waals surface area contributed by atoms with Crippen LogP contribution in [-0.4, -0.2) is 35.6 Å². The third kappa shape index (κ3) is 4.59. The van der Waals surface area contributed by atoms with Gasteiger partial charge in [-0.15, -0.1) is 0 Å². The number of halogens is 1. The van der Waals surface area contributed by atoms with Crippen LogP contribution in [0.25, 0.3) is 0 Å². The lowest BCUT2D eigenvalue weighted by atomic mass is 10.0. The number of aliphatic hydroxyl groups is 1. The number of hydrogen-bond donors (Lipinski definition) is 1. The molecule has 0 radical (unpaired) electrons. The fourth-order valence-electron chi connectivity index (χ4n) is 1.68. The molecule has 1 aromatic carbocycles. The summed E-state index contributed by atoms with van der Waals surface area (Å²) in [7, 11) is 1.60. The number of benzene rings is 1. The van der Waals surface area contributed by atoms with Crippen LogP contribution < -0.4 is 0 Å². The van der Waals surface area contributed by atoms with Crippen molar-refractivity contribution in [3.8, 4) is 17.9 Å². The molecule has 21 heavy (non-hydrogen) atoms. The Bertz CT molecular complexity index is 611. The van der Waals surface area contributed by atoms with Crippen molar-refractivity contribution < 1.29 is 14.3 Å². The average molecular weight is 288 g/mol. The zero-order valence-electron chi connectivity index (χ0n) is 12.1. The van der Waals surface area contributed by atoms with Crippen molar-refractivity contribution >= 4 is 5.91 Å². The van der Waals surface area contributed by atoms with Crippen molar-refractivity contribution in [2.24, 2.45) is 0 Å². The Morgan fingerprint density at radius 3 is 2.86 bits per heavy atom. The number of amides is 1. The topological polar surface area (TPSA) is 64.3 Å². The first kappa shape index (κ1) is 16.7. The van der Waals surface area contributed by atoms with Crippen LogP contribution in [0.1, 0.15) is 35.7 Å². The molecule has 0 aliphatic rings. The van der Waals surface area contributed by atoms with Crippen LogP contribution >= 0.6 is 0 Å². The Morgan fingerprint density at radius 1 is 1.52 bits per heavy atom. The summed E-state index contributed by atoms with van der Waals surface area (Å²) < 4.78 is 13.3. The number of carbonyl (C=O) groups excluding carboxylic acids is 1. The van der Waals surface area contributed by atoms with Gasteiger partial charge in [-0.1, -0.05) is 11.8 Å². The van der Waals surface area contributed by atoms with Crippen molar-refractivity contribution in [2.45, 2.75) is 25.8 Å². The molecule has 0 fully saturated rings. The SMILES string of the molecule is CC(CC#N)N(C)C(=O)c1ccc(F)cc1C#CCCO. The predicted molar refractivity (Wildman–Crippen MR) is 76.8 cm³/mol. The molecule has 4 nitrogen and oxygen atoms in total. The maximum absolute atomic E-state index is 13.3. The third-order valence-corrected chi connectivity index (χ3v) is 3.04. The first-order valence-electron chi connectivity index (χ1n) is 6.54. The highest BCUT2D eigenvalue weighted by atomic mass is 19.1. The Morgan fingerprint density at radius 2 is 2.24 bits per heavy atom. The van der Waals surface area contributed by atoms with Gasteiger partial charge in [0.05, 0.1) is 24.7 Å². The molecule has 5 heteroatoms. The molecule has 0 saturated heterocycles. The van der Waals surface area contributed by atoms with Crippen LogP contribution in [0.3, 0.4) is 0 Å². The minimum absolute atomic E-state index is 0.0926. The molecule has 1 aromatic rings. The smallest absolute Gasteiger partial charge is 0.255 e. The van der Waals surface area contributed by atoms with Crippen LogP contribution in [0.5, 0.6) is 0 Å². The Kier molecular flexibility index (Phi) is 6.39. The van der Waals surface area contributed by atoms with E-state index >= 15 is 0 Å². The number of nitrogens with zero attached hydrogens (tertiary/aromatic N) is 2. The second kappa shape index (κ2) is 8.04. The number of rotatable bonds is 4. The largest absolute Gasteiger partial charge is 0.395 e. The van der Waals surface area contributed by atoms with E-state index in [9.17, 15) is 9.18 Å². The third-order valence-electron chi connectivity index (χ3n) is 3.04. The molecule has 1 rings (SSSR count). The Hall–Kier alpha value is -2.37. The quantitative estimate of drug-likeness (QED) is 0.861. The summed E-state index contributed by atoms with van der Waals surface area (Å²) in [6.07, 6.45) is 0.472. The molecule has 0 aliphatic carbocycles. The lowest BCUT2D eigenvalue weighted by Crippen LogP contribution is -2.35. The molecule has 0 bridgehead atoms. The second-order valence-electron chi connectivity index (χ2n) is 4.59. The molecule has 1 atom stereocenters. The van der Waals surface area contributed by atoms with Gasteiger partial charge in [-0.25, -0.2) is 4.39 Å². The minimum atomic E-state index is -0.479. The lowest BCUT2D eigenvalue weighted by molar-refractivity contribution is 0.0746. The summed E-state index contributed by atoms with van der Waals surface area (Å²) in [4.78, 5) is 13.8. The molecule has 1 unspecified atom stereocenters. The first-order valence-corrected chi connectivity index (χ1v) is 6.54. The standard InChI is InChI=1S/C16H17FN2O2/c1-12(8-9-18)19(2)16(21)15-7-6-14(17)11-13(15)5-3-4-10-20/h6-7,11-12,20H,4,8,10H2,1-2H3. The van der Waals surface area contributed by atoms with E-state index in [1.807, 2.05) is 6.07 Å². The molecule has 0 spiro atoms. The van der Waals surface area contributed by atoms with Crippen molar-refractivity contribution in [2.75, 3.05) is 13.7 Å². The van der Waals surface area contributed by atoms with E-state index in [4.69, 9.17) is 10.4 Å². The van der Waals surface area contributed by atoms with Crippen molar-refractivity contribution in [3.63, 3.8) is 0 Å². The number of nitriles is 1. The van der Waals surface area contributed by atoms with Gasteiger partial charge in [-0.3, -0.25) is 4.79 Å². The fourth-order valence-corrected chi connectivity index (χ4v) is 1.68. The highest BCUT2D eigenvalue weighted by Crippen LogP contribution is 2.15. The van der Waals surface area contributed by atoms with Gasteiger partial charge in [-0.05, 0) is 25.1 Å². The maximum Gasteiger partial charge on any atom is 0.255 e. The molecular weight excluding hydrogens is 271 g/mol. The summed E-state index contributed by atoms with van der Waals surface area (Å²) in [6.45, 7) is 1.67. The normalized spacial score (nSPS) is 11.0. The first-order chi connectivity index (χ1) is 10.0. The lowest BCUT2D eigenvalue weighted by Gasteiger charge is -2.23. The average Bonchev–Trinajstić information content (AvgIpc) is 2.46. The van der Waals surface area contributed by atoms with Crippen LogP contribution in [-0.2, 0) is 0 Å². The summed E-state index contributed by atoms with van der Waals surface area (Å²) >= 11 is 0. The van der Waals surface area contributed by atoms with E-state index in [0.717, 1.165) is 0 Å². The molecular formula is C16H17FN2O2.